The van der Waals surface area contributed by atoms with Crippen LogP contribution in [0.4, 0.5) is 13.2 Å². The Morgan fingerprint density at radius 3 is 2.47 bits per heavy atom. The van der Waals surface area contributed by atoms with E-state index in [9.17, 15) is 18.0 Å². The van der Waals surface area contributed by atoms with Crippen molar-refractivity contribution in [1.82, 2.24) is 0 Å². The molecule has 0 radical (unpaired) electrons. The van der Waals surface area contributed by atoms with Crippen LogP contribution in [0.25, 0.3) is 0 Å². The molecule has 0 aliphatic carbocycles. The minimum atomic E-state index is -4.55. The van der Waals surface area contributed by atoms with Crippen molar-refractivity contribution < 1.29 is 22.7 Å². The van der Waals surface area contributed by atoms with Gasteiger partial charge in [0.1, 0.15) is 0 Å². The van der Waals surface area contributed by atoms with E-state index < -0.39 is 23.3 Å². The van der Waals surface area contributed by atoms with Crippen molar-refractivity contribution >= 4 is 5.97 Å². The fraction of sp³-hybridized carbons (Fsp3) is 0.500. The molecule has 0 bridgehead atoms. The molecule has 5 heteroatoms. The molecule has 0 amide bonds. The molecule has 0 saturated heterocycles. The summed E-state index contributed by atoms with van der Waals surface area (Å²) in [7, 11) is 0. The summed E-state index contributed by atoms with van der Waals surface area (Å²) in [6.45, 7) is 4.20. The number of ether oxygens (including phenoxy) is 1. The molecular weight excluding hydrogens is 257 g/mol. The Bertz CT molecular complexity index is 425. The highest BCUT2D eigenvalue weighted by Gasteiger charge is 2.35. The Morgan fingerprint density at radius 2 is 1.89 bits per heavy atom. The van der Waals surface area contributed by atoms with Crippen LogP contribution in [0.15, 0.2) is 24.3 Å². The van der Waals surface area contributed by atoms with E-state index in [2.05, 4.69) is 0 Å². The Kier molecular flexibility index (Phi) is 5.39. The van der Waals surface area contributed by atoms with Gasteiger partial charge in [-0.1, -0.05) is 26.0 Å². The zero-order valence-electron chi connectivity index (χ0n) is 11.0. The van der Waals surface area contributed by atoms with Crippen LogP contribution in [0.1, 0.15) is 42.6 Å². The number of carbonyl (C=O) groups excluding carboxylic acids is 1. The lowest BCUT2D eigenvalue weighted by Crippen LogP contribution is -2.15. The molecule has 2 nitrogen and oxygen atoms in total. The van der Waals surface area contributed by atoms with E-state index in [1.165, 1.54) is 12.1 Å². The summed E-state index contributed by atoms with van der Waals surface area (Å²) in [5, 5.41) is 0. The van der Waals surface area contributed by atoms with Gasteiger partial charge in [0.15, 0.2) is 0 Å². The second-order valence-electron chi connectivity index (χ2n) is 4.72. The average molecular weight is 274 g/mol. The Balaban J connectivity index is 2.67. The number of hydrogen-bond acceptors (Lipinski definition) is 2. The molecule has 0 N–H and O–H groups in total. The average Bonchev–Trinajstić information content (AvgIpc) is 2.33. The predicted molar refractivity (Wildman–Crippen MR) is 65.8 cm³/mol. The van der Waals surface area contributed by atoms with E-state index in [4.69, 9.17) is 4.74 Å². The molecule has 0 aliphatic rings. The Labute approximate surface area is 110 Å². The van der Waals surface area contributed by atoms with Gasteiger partial charge in [-0.15, -0.1) is 0 Å². The standard InChI is InChI=1S/C14H17F3O2/c1-10(2)6-5-9-19-13(18)11-7-3-4-8-12(11)14(15,16)17/h3-4,7-8,10H,5-6,9H2,1-2H3. The van der Waals surface area contributed by atoms with Crippen molar-refractivity contribution in [3.8, 4) is 0 Å². The highest BCUT2D eigenvalue weighted by atomic mass is 19.4. The molecular formula is C14H17F3O2. The molecule has 0 unspecified atom stereocenters. The zero-order valence-corrected chi connectivity index (χ0v) is 11.0. The fourth-order valence-corrected chi connectivity index (χ4v) is 1.64. The first-order chi connectivity index (χ1) is 8.82. The number of carbonyl (C=O) groups is 1. The van der Waals surface area contributed by atoms with Crippen LogP contribution < -0.4 is 0 Å². The lowest BCUT2D eigenvalue weighted by atomic mass is 10.1. The smallest absolute Gasteiger partial charge is 0.417 e. The van der Waals surface area contributed by atoms with Gasteiger partial charge in [0.25, 0.3) is 0 Å². The van der Waals surface area contributed by atoms with Gasteiger partial charge in [0.05, 0.1) is 17.7 Å². The van der Waals surface area contributed by atoms with Crippen LogP contribution in [0, 0.1) is 5.92 Å². The van der Waals surface area contributed by atoms with E-state index >= 15 is 0 Å². The summed E-state index contributed by atoms with van der Waals surface area (Å²) in [6, 6.07) is 4.65. The number of halogens is 3. The summed E-state index contributed by atoms with van der Waals surface area (Å²) >= 11 is 0. The molecule has 0 aromatic heterocycles. The van der Waals surface area contributed by atoms with E-state index in [1.54, 1.807) is 0 Å². The third-order valence-corrected chi connectivity index (χ3v) is 2.61. The lowest BCUT2D eigenvalue weighted by molar-refractivity contribution is -0.138. The maximum absolute atomic E-state index is 12.7. The van der Waals surface area contributed by atoms with Crippen LogP contribution in [-0.2, 0) is 10.9 Å². The van der Waals surface area contributed by atoms with Gasteiger partial charge >= 0.3 is 12.1 Å². The summed E-state index contributed by atoms with van der Waals surface area (Å²) in [5.41, 5.74) is -1.39. The third kappa shape index (κ3) is 4.93. The van der Waals surface area contributed by atoms with Crippen LogP contribution in [0.5, 0.6) is 0 Å². The van der Waals surface area contributed by atoms with E-state index in [0.29, 0.717) is 12.3 Å². The molecule has 0 heterocycles. The molecule has 0 aliphatic heterocycles. The number of rotatable bonds is 5. The topological polar surface area (TPSA) is 26.3 Å². The number of benzene rings is 1. The maximum atomic E-state index is 12.7. The zero-order chi connectivity index (χ0) is 14.5. The lowest BCUT2D eigenvalue weighted by Gasteiger charge is -2.12. The van der Waals surface area contributed by atoms with Crippen molar-refractivity contribution in [3.05, 3.63) is 35.4 Å². The second kappa shape index (κ2) is 6.59. The highest BCUT2D eigenvalue weighted by molar-refractivity contribution is 5.91. The van der Waals surface area contributed by atoms with Gasteiger partial charge in [0.2, 0.25) is 0 Å². The van der Waals surface area contributed by atoms with Crippen molar-refractivity contribution in [1.29, 1.82) is 0 Å². The van der Waals surface area contributed by atoms with Crippen molar-refractivity contribution in [2.75, 3.05) is 6.61 Å². The quantitative estimate of drug-likeness (QED) is 0.591. The van der Waals surface area contributed by atoms with E-state index in [1.807, 2.05) is 13.8 Å². The third-order valence-electron chi connectivity index (χ3n) is 2.61. The molecule has 0 atom stereocenters. The largest absolute Gasteiger partial charge is 0.462 e. The van der Waals surface area contributed by atoms with E-state index in [-0.39, 0.29) is 6.61 Å². The Morgan fingerprint density at radius 1 is 1.26 bits per heavy atom. The van der Waals surface area contributed by atoms with Gasteiger partial charge in [-0.25, -0.2) is 4.79 Å². The van der Waals surface area contributed by atoms with E-state index in [0.717, 1.165) is 18.6 Å². The molecule has 1 aromatic carbocycles. The Hall–Kier alpha value is -1.52. The first-order valence-electron chi connectivity index (χ1n) is 6.15. The predicted octanol–water partition coefficient (Wildman–Crippen LogP) is 4.30. The minimum Gasteiger partial charge on any atom is -0.462 e. The molecule has 0 saturated carbocycles. The minimum absolute atomic E-state index is 0.142. The monoisotopic (exact) mass is 274 g/mol. The molecule has 106 valence electrons. The first-order valence-corrected chi connectivity index (χ1v) is 6.15. The molecule has 1 aromatic rings. The first kappa shape index (κ1) is 15.5. The molecule has 0 fully saturated rings. The number of hydrogen-bond donors (Lipinski definition) is 0. The summed E-state index contributed by atoms with van der Waals surface area (Å²) in [4.78, 5) is 11.6. The van der Waals surface area contributed by atoms with Gasteiger partial charge in [-0.2, -0.15) is 13.2 Å². The molecule has 19 heavy (non-hydrogen) atoms. The maximum Gasteiger partial charge on any atom is 0.417 e. The van der Waals surface area contributed by atoms with Crippen molar-refractivity contribution in [2.45, 2.75) is 32.9 Å². The van der Waals surface area contributed by atoms with Crippen molar-refractivity contribution in [2.24, 2.45) is 5.92 Å². The second-order valence-corrected chi connectivity index (χ2v) is 4.72. The summed E-state index contributed by atoms with van der Waals surface area (Å²) < 4.78 is 43.0. The number of esters is 1. The molecule has 1 rings (SSSR count). The van der Waals surface area contributed by atoms with Crippen LogP contribution in [0.2, 0.25) is 0 Å². The van der Waals surface area contributed by atoms with Gasteiger partial charge in [-0.3, -0.25) is 0 Å². The molecule has 0 spiro atoms. The van der Waals surface area contributed by atoms with Crippen LogP contribution in [0.3, 0.4) is 0 Å². The highest BCUT2D eigenvalue weighted by Crippen LogP contribution is 2.32. The van der Waals surface area contributed by atoms with Gasteiger partial charge in [-0.05, 0) is 30.9 Å². The van der Waals surface area contributed by atoms with Crippen LogP contribution in [-0.4, -0.2) is 12.6 Å². The summed E-state index contributed by atoms with van der Waals surface area (Å²) in [6.07, 6.45) is -3.03. The SMILES string of the molecule is CC(C)CCCOC(=O)c1ccccc1C(F)(F)F. The summed E-state index contributed by atoms with van der Waals surface area (Å²) in [5.74, 6) is -0.446. The van der Waals surface area contributed by atoms with Gasteiger partial charge < -0.3 is 4.74 Å². The fourth-order valence-electron chi connectivity index (χ4n) is 1.64. The number of alkyl halides is 3. The van der Waals surface area contributed by atoms with Gasteiger partial charge in [0, 0.05) is 0 Å². The van der Waals surface area contributed by atoms with Crippen molar-refractivity contribution in [3.63, 3.8) is 0 Å². The normalized spacial score (nSPS) is 11.7. The van der Waals surface area contributed by atoms with Crippen LogP contribution >= 0.6 is 0 Å².